The Bertz CT molecular complexity index is 870. The minimum absolute atomic E-state index is 0.317. The molecule has 24 heavy (non-hydrogen) atoms. The highest BCUT2D eigenvalue weighted by Gasteiger charge is 2.07. The Balaban J connectivity index is 1.72. The first-order chi connectivity index (χ1) is 11.8. The number of benzene rings is 2. The minimum Gasteiger partial charge on any atom is -0.497 e. The van der Waals surface area contributed by atoms with Crippen LogP contribution in [0.4, 0.5) is 0 Å². The minimum atomic E-state index is 0.317. The fourth-order valence-electron chi connectivity index (χ4n) is 2.25. The molecule has 0 spiro atoms. The van der Waals surface area contributed by atoms with Crippen LogP contribution in [-0.2, 0) is 6.61 Å². The van der Waals surface area contributed by atoms with E-state index in [-0.39, 0.29) is 0 Å². The number of nitriles is 1. The predicted octanol–water partition coefficient (Wildman–Crippen LogP) is 3.60. The van der Waals surface area contributed by atoms with E-state index in [9.17, 15) is 0 Å². The molecular weight excluding hydrogens is 302 g/mol. The van der Waals surface area contributed by atoms with E-state index in [0.29, 0.717) is 18.0 Å². The Hall–Kier alpha value is -3.39. The molecule has 0 amide bonds. The van der Waals surface area contributed by atoms with Gasteiger partial charge in [0.05, 0.1) is 7.11 Å². The third-order valence-corrected chi connectivity index (χ3v) is 3.48. The van der Waals surface area contributed by atoms with Crippen molar-refractivity contribution >= 4 is 0 Å². The number of ether oxygens (including phenoxy) is 2. The Morgan fingerprint density at radius 2 is 1.75 bits per heavy atom. The first-order valence-corrected chi connectivity index (χ1v) is 7.37. The van der Waals surface area contributed by atoms with Gasteiger partial charge in [-0.25, -0.2) is 4.98 Å². The molecule has 0 aliphatic heterocycles. The molecule has 1 aromatic heterocycles. The molecule has 1 heterocycles. The number of hydrogen-bond acceptors (Lipinski definition) is 5. The summed E-state index contributed by atoms with van der Waals surface area (Å²) in [6.07, 6.45) is 3.09. The zero-order chi connectivity index (χ0) is 16.8. The van der Waals surface area contributed by atoms with Crippen molar-refractivity contribution in [3.05, 3.63) is 72.2 Å². The van der Waals surface area contributed by atoms with Crippen LogP contribution >= 0.6 is 0 Å². The molecule has 0 fully saturated rings. The number of aromatic nitrogens is 2. The standard InChI is InChI=1S/C19H15N3O2/c1-23-16-3-2-4-17(11-16)24-13-14-5-7-15(8-6-14)19-18(12-20)21-9-10-22-19/h2-11H,13H2,1H3. The first kappa shape index (κ1) is 15.5. The Morgan fingerprint density at radius 1 is 1.00 bits per heavy atom. The first-order valence-electron chi connectivity index (χ1n) is 7.37. The molecule has 5 heteroatoms. The van der Waals surface area contributed by atoms with Gasteiger partial charge in [-0.15, -0.1) is 0 Å². The van der Waals surface area contributed by atoms with Crippen molar-refractivity contribution in [2.75, 3.05) is 7.11 Å². The normalized spacial score (nSPS) is 10.0. The van der Waals surface area contributed by atoms with Gasteiger partial charge in [0, 0.05) is 24.0 Å². The second kappa shape index (κ2) is 7.25. The summed E-state index contributed by atoms with van der Waals surface area (Å²) in [5.41, 5.74) is 2.77. The van der Waals surface area contributed by atoms with Crippen LogP contribution in [0, 0.1) is 11.3 Å². The Morgan fingerprint density at radius 3 is 2.50 bits per heavy atom. The number of methoxy groups -OCH3 is 1. The van der Waals surface area contributed by atoms with E-state index in [1.807, 2.05) is 48.5 Å². The fraction of sp³-hybridized carbons (Fsp3) is 0.105. The van der Waals surface area contributed by atoms with Crippen molar-refractivity contribution < 1.29 is 9.47 Å². The molecular formula is C19H15N3O2. The van der Waals surface area contributed by atoms with Crippen LogP contribution < -0.4 is 9.47 Å². The SMILES string of the molecule is COc1cccc(OCc2ccc(-c3nccnc3C#N)cc2)c1. The quantitative estimate of drug-likeness (QED) is 0.719. The van der Waals surface area contributed by atoms with Crippen LogP contribution in [0.1, 0.15) is 11.3 Å². The Labute approximate surface area is 140 Å². The van der Waals surface area contributed by atoms with Gasteiger partial charge in [0.2, 0.25) is 0 Å². The molecule has 0 aliphatic carbocycles. The van der Waals surface area contributed by atoms with Crippen molar-refractivity contribution in [1.82, 2.24) is 9.97 Å². The van der Waals surface area contributed by atoms with Gasteiger partial charge in [-0.1, -0.05) is 30.3 Å². The lowest BCUT2D eigenvalue weighted by molar-refractivity contribution is 0.303. The van der Waals surface area contributed by atoms with Crippen molar-refractivity contribution in [3.63, 3.8) is 0 Å². The molecule has 0 bridgehead atoms. The topological polar surface area (TPSA) is 68.0 Å². The van der Waals surface area contributed by atoms with Gasteiger partial charge in [-0.3, -0.25) is 4.98 Å². The third-order valence-electron chi connectivity index (χ3n) is 3.48. The largest absolute Gasteiger partial charge is 0.497 e. The summed E-state index contributed by atoms with van der Waals surface area (Å²) in [5, 5.41) is 9.10. The summed E-state index contributed by atoms with van der Waals surface area (Å²) < 4.78 is 10.9. The highest BCUT2D eigenvalue weighted by molar-refractivity contribution is 5.64. The monoisotopic (exact) mass is 317 g/mol. The fourth-order valence-corrected chi connectivity index (χ4v) is 2.25. The molecule has 2 aromatic carbocycles. The van der Waals surface area contributed by atoms with Crippen LogP contribution in [0.2, 0.25) is 0 Å². The second-order valence-corrected chi connectivity index (χ2v) is 5.03. The van der Waals surface area contributed by atoms with Crippen LogP contribution in [0.5, 0.6) is 11.5 Å². The average molecular weight is 317 g/mol. The number of hydrogen-bond donors (Lipinski definition) is 0. The van der Waals surface area contributed by atoms with E-state index in [2.05, 4.69) is 16.0 Å². The van der Waals surface area contributed by atoms with Gasteiger partial charge >= 0.3 is 0 Å². The predicted molar refractivity (Wildman–Crippen MR) is 89.5 cm³/mol. The molecule has 3 aromatic rings. The maximum Gasteiger partial charge on any atom is 0.166 e. The third kappa shape index (κ3) is 3.50. The molecule has 3 rings (SSSR count). The van der Waals surface area contributed by atoms with E-state index in [4.69, 9.17) is 14.7 Å². The summed E-state index contributed by atoms with van der Waals surface area (Å²) in [7, 11) is 1.62. The van der Waals surface area contributed by atoms with Crippen molar-refractivity contribution in [1.29, 1.82) is 5.26 Å². The molecule has 0 radical (unpaired) electrons. The smallest absolute Gasteiger partial charge is 0.166 e. The van der Waals surface area contributed by atoms with Crippen LogP contribution in [0.15, 0.2) is 60.9 Å². The van der Waals surface area contributed by atoms with Crippen LogP contribution in [-0.4, -0.2) is 17.1 Å². The van der Waals surface area contributed by atoms with Gasteiger partial charge in [-0.05, 0) is 17.7 Å². The molecule has 0 saturated heterocycles. The van der Waals surface area contributed by atoms with Gasteiger partial charge in [-0.2, -0.15) is 5.26 Å². The molecule has 0 aliphatic rings. The van der Waals surface area contributed by atoms with Crippen LogP contribution in [0.25, 0.3) is 11.3 Å². The molecule has 0 N–H and O–H groups in total. The van der Waals surface area contributed by atoms with Gasteiger partial charge < -0.3 is 9.47 Å². The highest BCUT2D eigenvalue weighted by atomic mass is 16.5. The summed E-state index contributed by atoms with van der Waals surface area (Å²) in [6.45, 7) is 0.443. The van der Waals surface area contributed by atoms with Gasteiger partial charge in [0.25, 0.3) is 0 Å². The molecule has 5 nitrogen and oxygen atoms in total. The summed E-state index contributed by atoms with van der Waals surface area (Å²) in [5.74, 6) is 1.51. The van der Waals surface area contributed by atoms with Crippen molar-refractivity contribution in [2.45, 2.75) is 6.61 Å². The molecule has 0 saturated carbocycles. The van der Waals surface area contributed by atoms with E-state index in [1.54, 1.807) is 13.3 Å². The lowest BCUT2D eigenvalue weighted by Crippen LogP contribution is -1.96. The van der Waals surface area contributed by atoms with Crippen LogP contribution in [0.3, 0.4) is 0 Å². The lowest BCUT2D eigenvalue weighted by atomic mass is 10.1. The summed E-state index contributed by atoms with van der Waals surface area (Å²) in [6, 6.07) is 17.3. The van der Waals surface area contributed by atoms with Crippen molar-refractivity contribution in [2.24, 2.45) is 0 Å². The highest BCUT2D eigenvalue weighted by Crippen LogP contribution is 2.22. The molecule has 0 atom stereocenters. The maximum absolute atomic E-state index is 9.10. The van der Waals surface area contributed by atoms with E-state index >= 15 is 0 Å². The number of rotatable bonds is 5. The summed E-state index contributed by atoms with van der Waals surface area (Å²) >= 11 is 0. The summed E-state index contributed by atoms with van der Waals surface area (Å²) in [4.78, 5) is 8.26. The van der Waals surface area contributed by atoms with E-state index in [1.165, 1.54) is 6.20 Å². The van der Waals surface area contributed by atoms with Gasteiger partial charge in [0.1, 0.15) is 29.9 Å². The van der Waals surface area contributed by atoms with E-state index in [0.717, 1.165) is 22.6 Å². The maximum atomic E-state index is 9.10. The van der Waals surface area contributed by atoms with E-state index < -0.39 is 0 Å². The lowest BCUT2D eigenvalue weighted by Gasteiger charge is -2.08. The Kier molecular flexibility index (Phi) is 4.68. The zero-order valence-corrected chi connectivity index (χ0v) is 13.1. The molecule has 118 valence electrons. The zero-order valence-electron chi connectivity index (χ0n) is 13.1. The second-order valence-electron chi connectivity index (χ2n) is 5.03. The van der Waals surface area contributed by atoms with Crippen molar-refractivity contribution in [3.8, 4) is 28.8 Å². The van der Waals surface area contributed by atoms with Gasteiger partial charge in [0.15, 0.2) is 5.69 Å². The molecule has 0 unspecified atom stereocenters. The average Bonchev–Trinajstić information content (AvgIpc) is 2.67. The number of nitrogens with zero attached hydrogens (tertiary/aromatic N) is 3.